The molecule has 3 aromatic carbocycles. The molecule has 0 fully saturated rings. The van der Waals surface area contributed by atoms with Gasteiger partial charge in [-0.2, -0.15) is 0 Å². The van der Waals surface area contributed by atoms with Crippen LogP contribution < -0.4 is 15.5 Å². The van der Waals surface area contributed by atoms with Crippen molar-refractivity contribution in [2.75, 3.05) is 24.3 Å². The van der Waals surface area contributed by atoms with Crippen LogP contribution in [-0.2, 0) is 0 Å². The predicted molar refractivity (Wildman–Crippen MR) is 110 cm³/mol. The summed E-state index contributed by atoms with van der Waals surface area (Å²) in [7, 11) is 4.11. The van der Waals surface area contributed by atoms with Crippen molar-refractivity contribution in [2.24, 2.45) is 0 Å². The smallest absolute Gasteiger partial charge is 0.104 e. The van der Waals surface area contributed by atoms with Crippen LogP contribution >= 0.6 is 11.6 Å². The lowest BCUT2D eigenvalue weighted by Crippen LogP contribution is -2.37. The zero-order chi connectivity index (χ0) is 18.1. The zero-order valence-corrected chi connectivity index (χ0v) is 15.7. The molecule has 1 heterocycles. The van der Waals surface area contributed by atoms with E-state index in [4.69, 9.17) is 11.6 Å². The summed E-state index contributed by atoms with van der Waals surface area (Å²) in [5, 5.41) is 8.09. The first-order valence-corrected chi connectivity index (χ1v) is 9.14. The van der Waals surface area contributed by atoms with Crippen molar-refractivity contribution < 1.29 is 0 Å². The number of nitrogens with one attached hydrogen (secondary N) is 2. The lowest BCUT2D eigenvalue weighted by molar-refractivity contribution is 0.506. The number of rotatable bonds is 3. The van der Waals surface area contributed by atoms with E-state index in [0.29, 0.717) is 0 Å². The lowest BCUT2D eigenvalue weighted by Gasteiger charge is -2.35. The minimum absolute atomic E-state index is 0.0325. The Labute approximate surface area is 159 Å². The van der Waals surface area contributed by atoms with Crippen LogP contribution in [0.25, 0.3) is 0 Å². The Morgan fingerprint density at radius 2 is 1.58 bits per heavy atom. The Balaban J connectivity index is 1.72. The highest BCUT2D eigenvalue weighted by Crippen LogP contribution is 2.38. The number of benzene rings is 3. The first-order chi connectivity index (χ1) is 12.6. The molecule has 0 unspecified atom stereocenters. The van der Waals surface area contributed by atoms with Crippen molar-refractivity contribution in [1.29, 1.82) is 0 Å². The van der Waals surface area contributed by atoms with Gasteiger partial charge in [0.15, 0.2) is 0 Å². The van der Waals surface area contributed by atoms with Crippen molar-refractivity contribution in [1.82, 2.24) is 5.32 Å². The molecule has 1 aliphatic heterocycles. The molecule has 0 spiro atoms. The fraction of sp³-hybridized carbons (Fsp3) is 0.182. The third-order valence-electron chi connectivity index (χ3n) is 4.83. The van der Waals surface area contributed by atoms with E-state index in [1.807, 2.05) is 18.2 Å². The van der Waals surface area contributed by atoms with E-state index in [9.17, 15) is 0 Å². The van der Waals surface area contributed by atoms with Crippen LogP contribution in [0.15, 0.2) is 72.8 Å². The second kappa shape index (κ2) is 7.02. The second-order valence-corrected chi connectivity index (χ2v) is 7.24. The second-order valence-electron chi connectivity index (χ2n) is 6.81. The molecule has 26 heavy (non-hydrogen) atoms. The van der Waals surface area contributed by atoms with Gasteiger partial charge >= 0.3 is 0 Å². The molecule has 0 bridgehead atoms. The molecule has 1 aliphatic rings. The zero-order valence-electron chi connectivity index (χ0n) is 14.9. The van der Waals surface area contributed by atoms with E-state index in [2.05, 4.69) is 84.2 Å². The highest BCUT2D eigenvalue weighted by Gasteiger charge is 2.27. The van der Waals surface area contributed by atoms with Gasteiger partial charge in [0, 0.05) is 30.5 Å². The Bertz CT molecular complexity index is 891. The molecule has 4 heteroatoms. The first-order valence-electron chi connectivity index (χ1n) is 8.76. The van der Waals surface area contributed by atoms with Crippen molar-refractivity contribution in [3.63, 3.8) is 0 Å². The molecule has 3 aromatic rings. The van der Waals surface area contributed by atoms with Crippen molar-refractivity contribution in [3.05, 3.63) is 94.5 Å². The predicted octanol–water partition coefficient (Wildman–Crippen LogP) is 5.21. The average Bonchev–Trinajstić information content (AvgIpc) is 2.68. The molecule has 2 N–H and O–H groups in total. The number of hydrogen-bond acceptors (Lipinski definition) is 3. The summed E-state index contributed by atoms with van der Waals surface area (Å²) in [5.74, 6) is 0. The molecule has 4 rings (SSSR count). The largest absolute Gasteiger partial charge is 0.378 e. The minimum Gasteiger partial charge on any atom is -0.378 e. The maximum absolute atomic E-state index is 6.27. The third kappa shape index (κ3) is 3.28. The molecular formula is C22H22ClN3. The number of nitrogens with zero attached hydrogens (tertiary/aromatic N) is 1. The van der Waals surface area contributed by atoms with Crippen molar-refractivity contribution in [2.45, 2.75) is 12.2 Å². The SMILES string of the molecule is CN(C)c1ccc([C@@H]2Nc3ccc(Cl)cc3[C@H](c3ccccc3)N2)cc1. The van der Waals surface area contributed by atoms with Gasteiger partial charge in [-0.05, 0) is 47.0 Å². The highest BCUT2D eigenvalue weighted by molar-refractivity contribution is 6.30. The summed E-state index contributed by atoms with van der Waals surface area (Å²) < 4.78 is 0. The molecule has 3 nitrogen and oxygen atoms in total. The molecule has 0 radical (unpaired) electrons. The highest BCUT2D eigenvalue weighted by atomic mass is 35.5. The van der Waals surface area contributed by atoms with E-state index in [-0.39, 0.29) is 12.2 Å². The van der Waals surface area contributed by atoms with E-state index >= 15 is 0 Å². The maximum Gasteiger partial charge on any atom is 0.104 e. The van der Waals surface area contributed by atoms with Crippen LogP contribution in [0.3, 0.4) is 0 Å². The molecule has 0 saturated carbocycles. The normalized spacial score (nSPS) is 18.7. The van der Waals surface area contributed by atoms with Gasteiger partial charge in [-0.3, -0.25) is 5.32 Å². The Kier molecular flexibility index (Phi) is 4.58. The number of anilines is 2. The molecule has 132 valence electrons. The van der Waals surface area contributed by atoms with Crippen LogP contribution in [0.5, 0.6) is 0 Å². The Hall–Kier alpha value is -2.49. The van der Waals surface area contributed by atoms with Gasteiger partial charge in [0.05, 0.1) is 6.04 Å². The van der Waals surface area contributed by atoms with E-state index in [0.717, 1.165) is 10.7 Å². The van der Waals surface area contributed by atoms with E-state index in [1.54, 1.807) is 0 Å². The van der Waals surface area contributed by atoms with Crippen molar-refractivity contribution >= 4 is 23.0 Å². The van der Waals surface area contributed by atoms with Gasteiger partial charge < -0.3 is 10.2 Å². The molecule has 0 amide bonds. The van der Waals surface area contributed by atoms with Crippen LogP contribution in [0.2, 0.25) is 5.02 Å². The summed E-state index contributed by atoms with van der Waals surface area (Å²) in [6.45, 7) is 0. The topological polar surface area (TPSA) is 27.3 Å². The summed E-state index contributed by atoms with van der Waals surface area (Å²) in [4.78, 5) is 2.11. The Morgan fingerprint density at radius 3 is 2.27 bits per heavy atom. The lowest BCUT2D eigenvalue weighted by atomic mass is 9.93. The number of halogens is 1. The van der Waals surface area contributed by atoms with Crippen LogP contribution in [0.4, 0.5) is 11.4 Å². The fourth-order valence-corrected chi connectivity index (χ4v) is 3.60. The standard InChI is InChI=1S/C22H22ClN3/c1-26(2)18-11-8-16(9-12-18)22-24-20-13-10-17(23)14-19(20)21(25-22)15-6-4-3-5-7-15/h3-14,21-22,24-25H,1-2H3/t21-,22+/m0/s1. The third-order valence-corrected chi connectivity index (χ3v) is 5.07. The van der Waals surface area contributed by atoms with Gasteiger partial charge in [-0.25, -0.2) is 0 Å². The van der Waals surface area contributed by atoms with Crippen LogP contribution in [0, 0.1) is 0 Å². The monoisotopic (exact) mass is 363 g/mol. The van der Waals surface area contributed by atoms with Gasteiger partial charge in [0.1, 0.15) is 6.17 Å². The first kappa shape index (κ1) is 17.0. The fourth-order valence-electron chi connectivity index (χ4n) is 3.42. The molecular weight excluding hydrogens is 342 g/mol. The van der Waals surface area contributed by atoms with E-state index < -0.39 is 0 Å². The minimum atomic E-state index is 0.0325. The summed E-state index contributed by atoms with van der Waals surface area (Å²) in [5.41, 5.74) is 5.91. The number of hydrogen-bond donors (Lipinski definition) is 2. The molecule has 0 aromatic heterocycles. The Morgan fingerprint density at radius 1 is 0.846 bits per heavy atom. The van der Waals surface area contributed by atoms with Crippen LogP contribution in [-0.4, -0.2) is 14.1 Å². The number of fused-ring (bicyclic) bond motifs is 1. The maximum atomic E-state index is 6.27. The summed E-state index contributed by atoms with van der Waals surface area (Å²) in [6, 6.07) is 25.3. The van der Waals surface area contributed by atoms with Crippen LogP contribution in [0.1, 0.15) is 28.9 Å². The van der Waals surface area contributed by atoms with Gasteiger partial charge in [-0.15, -0.1) is 0 Å². The summed E-state index contributed by atoms with van der Waals surface area (Å²) in [6.07, 6.45) is 0.0325. The van der Waals surface area contributed by atoms with E-state index in [1.165, 1.54) is 22.4 Å². The quantitative estimate of drug-likeness (QED) is 0.669. The average molecular weight is 364 g/mol. The van der Waals surface area contributed by atoms with Gasteiger partial charge in [0.25, 0.3) is 0 Å². The van der Waals surface area contributed by atoms with Gasteiger partial charge in [0.2, 0.25) is 0 Å². The summed E-state index contributed by atoms with van der Waals surface area (Å²) >= 11 is 6.27. The molecule has 2 atom stereocenters. The molecule has 0 aliphatic carbocycles. The van der Waals surface area contributed by atoms with Crippen molar-refractivity contribution in [3.8, 4) is 0 Å². The van der Waals surface area contributed by atoms with Gasteiger partial charge in [-0.1, -0.05) is 54.1 Å². The molecule has 0 saturated heterocycles.